The van der Waals surface area contributed by atoms with Gasteiger partial charge in [0.25, 0.3) is 0 Å². The number of benzene rings is 1. The van der Waals surface area contributed by atoms with Gasteiger partial charge in [-0.15, -0.1) is 0 Å². The van der Waals surface area contributed by atoms with E-state index in [4.69, 9.17) is 4.98 Å². The van der Waals surface area contributed by atoms with Gasteiger partial charge in [-0.3, -0.25) is 4.79 Å². The quantitative estimate of drug-likeness (QED) is 0.525. The minimum atomic E-state index is -0.116. The zero-order valence-electron chi connectivity index (χ0n) is 17.1. The highest BCUT2D eigenvalue weighted by molar-refractivity contribution is 9.10. The average molecular weight is 472 g/mol. The highest BCUT2D eigenvalue weighted by atomic mass is 79.9. The number of thioether (sulfide) groups is 1. The fourth-order valence-corrected chi connectivity index (χ4v) is 4.83. The molecule has 0 bridgehead atoms. The summed E-state index contributed by atoms with van der Waals surface area (Å²) in [6, 6.07) is 11.8. The molecule has 29 heavy (non-hydrogen) atoms. The number of aromatic nitrogens is 1. The molecule has 3 rings (SSSR count). The Balaban J connectivity index is 1.71. The molecule has 1 amide bonds. The van der Waals surface area contributed by atoms with Gasteiger partial charge in [-0.1, -0.05) is 51.1 Å². The minimum Gasteiger partial charge on any atom is -0.324 e. The van der Waals surface area contributed by atoms with Gasteiger partial charge in [-0.25, -0.2) is 4.98 Å². The van der Waals surface area contributed by atoms with E-state index >= 15 is 0 Å². The molecule has 1 heterocycles. The SMILES string of the molecule is CCC(C)(C)C1CCc2nc(SCC(=O)Nc3ccccc3Br)c(C#N)cc2C1. The summed E-state index contributed by atoms with van der Waals surface area (Å²) in [5.74, 6) is 0.713. The number of nitrogens with one attached hydrogen (secondary N) is 1. The van der Waals surface area contributed by atoms with Gasteiger partial charge < -0.3 is 5.32 Å². The van der Waals surface area contributed by atoms with Crippen molar-refractivity contribution in [1.29, 1.82) is 5.26 Å². The molecule has 1 aromatic carbocycles. The van der Waals surface area contributed by atoms with Crippen LogP contribution in [0.15, 0.2) is 39.8 Å². The van der Waals surface area contributed by atoms with Crippen molar-refractivity contribution in [2.24, 2.45) is 11.3 Å². The van der Waals surface area contributed by atoms with Crippen LogP contribution in [-0.4, -0.2) is 16.6 Å². The van der Waals surface area contributed by atoms with Crippen LogP contribution in [0.3, 0.4) is 0 Å². The molecule has 1 N–H and O–H groups in total. The molecule has 1 aromatic heterocycles. The van der Waals surface area contributed by atoms with E-state index in [1.54, 1.807) is 0 Å². The molecular formula is C23H26BrN3OS. The molecule has 0 saturated carbocycles. The molecule has 2 aromatic rings. The van der Waals surface area contributed by atoms with E-state index in [-0.39, 0.29) is 11.7 Å². The van der Waals surface area contributed by atoms with Crippen molar-refractivity contribution in [3.05, 3.63) is 51.6 Å². The summed E-state index contributed by atoms with van der Waals surface area (Å²) in [5.41, 5.74) is 3.88. The van der Waals surface area contributed by atoms with Crippen LogP contribution in [0.1, 0.15) is 50.4 Å². The van der Waals surface area contributed by atoms with Crippen LogP contribution in [0.25, 0.3) is 0 Å². The Bertz CT molecular complexity index is 952. The lowest BCUT2D eigenvalue weighted by atomic mass is 9.69. The summed E-state index contributed by atoms with van der Waals surface area (Å²) in [5, 5.41) is 13.2. The molecule has 1 atom stereocenters. The second-order valence-corrected chi connectivity index (χ2v) is 9.98. The molecule has 1 aliphatic rings. The first kappa shape index (κ1) is 21.9. The summed E-state index contributed by atoms with van der Waals surface area (Å²) < 4.78 is 0.840. The van der Waals surface area contributed by atoms with Gasteiger partial charge in [0.2, 0.25) is 5.91 Å². The fourth-order valence-electron chi connectivity index (χ4n) is 3.67. The van der Waals surface area contributed by atoms with E-state index in [0.29, 0.717) is 21.9 Å². The Morgan fingerprint density at radius 1 is 1.41 bits per heavy atom. The topological polar surface area (TPSA) is 65.8 Å². The number of carbonyl (C=O) groups excluding carboxylic acids is 1. The third-order valence-corrected chi connectivity index (χ3v) is 7.66. The van der Waals surface area contributed by atoms with E-state index in [9.17, 15) is 10.1 Å². The smallest absolute Gasteiger partial charge is 0.234 e. The summed E-state index contributed by atoms with van der Waals surface area (Å²) in [6.07, 6.45) is 4.18. The normalized spacial score (nSPS) is 16.0. The summed E-state index contributed by atoms with van der Waals surface area (Å²) in [6.45, 7) is 6.90. The number of aryl methyl sites for hydroxylation is 1. The van der Waals surface area contributed by atoms with Crippen LogP contribution in [0.2, 0.25) is 0 Å². The van der Waals surface area contributed by atoms with Crippen LogP contribution in [-0.2, 0) is 17.6 Å². The van der Waals surface area contributed by atoms with Crippen LogP contribution < -0.4 is 5.32 Å². The fraction of sp³-hybridized carbons (Fsp3) is 0.435. The van der Waals surface area contributed by atoms with Gasteiger partial charge in [0.15, 0.2) is 0 Å². The Labute approximate surface area is 185 Å². The number of rotatable bonds is 6. The number of amides is 1. The van der Waals surface area contributed by atoms with Gasteiger partial charge in [-0.2, -0.15) is 5.26 Å². The summed E-state index contributed by atoms with van der Waals surface area (Å²) in [7, 11) is 0. The van der Waals surface area contributed by atoms with Crippen molar-refractivity contribution in [1.82, 2.24) is 4.98 Å². The molecule has 0 radical (unpaired) electrons. The highest BCUT2D eigenvalue weighted by Gasteiger charge is 2.32. The van der Waals surface area contributed by atoms with Gasteiger partial charge in [-0.05, 0) is 70.3 Å². The van der Waals surface area contributed by atoms with Gasteiger partial charge in [0, 0.05) is 10.2 Å². The molecule has 1 unspecified atom stereocenters. The van der Waals surface area contributed by atoms with E-state index in [1.807, 2.05) is 30.3 Å². The van der Waals surface area contributed by atoms with Crippen LogP contribution >= 0.6 is 27.7 Å². The predicted molar refractivity (Wildman–Crippen MR) is 122 cm³/mol. The molecule has 0 saturated heterocycles. The van der Waals surface area contributed by atoms with E-state index < -0.39 is 0 Å². The summed E-state index contributed by atoms with van der Waals surface area (Å²) in [4.78, 5) is 17.1. The Morgan fingerprint density at radius 3 is 2.86 bits per heavy atom. The van der Waals surface area contributed by atoms with Crippen molar-refractivity contribution in [3.63, 3.8) is 0 Å². The highest BCUT2D eigenvalue weighted by Crippen LogP contribution is 2.40. The van der Waals surface area contributed by atoms with Crippen molar-refractivity contribution in [3.8, 4) is 6.07 Å². The van der Waals surface area contributed by atoms with Crippen molar-refractivity contribution >= 4 is 39.3 Å². The average Bonchev–Trinajstić information content (AvgIpc) is 2.72. The molecule has 4 nitrogen and oxygen atoms in total. The third-order valence-electron chi connectivity index (χ3n) is 5.98. The van der Waals surface area contributed by atoms with Crippen LogP contribution in [0, 0.1) is 22.7 Å². The first-order valence-electron chi connectivity index (χ1n) is 9.94. The molecule has 6 heteroatoms. The third kappa shape index (κ3) is 5.21. The first-order chi connectivity index (χ1) is 13.8. The van der Waals surface area contributed by atoms with Gasteiger partial charge >= 0.3 is 0 Å². The van der Waals surface area contributed by atoms with Crippen molar-refractivity contribution in [2.75, 3.05) is 11.1 Å². The number of nitrogens with zero attached hydrogens (tertiary/aromatic N) is 2. The van der Waals surface area contributed by atoms with Crippen molar-refractivity contribution < 1.29 is 4.79 Å². The number of carbonyl (C=O) groups is 1. The predicted octanol–water partition coefficient (Wildman–Crippen LogP) is 5.99. The monoisotopic (exact) mass is 471 g/mol. The number of nitriles is 1. The molecule has 0 fully saturated rings. The lowest BCUT2D eigenvalue weighted by Crippen LogP contribution is -2.29. The number of fused-ring (bicyclic) bond motifs is 1. The standard InChI is InChI=1S/C23H26BrN3OS/c1-4-23(2,3)17-9-10-19-15(12-17)11-16(13-25)22(27-19)29-14-21(28)26-20-8-6-5-7-18(20)24/h5-8,11,17H,4,9-10,12,14H2,1-3H3,(H,26,28). The lowest BCUT2D eigenvalue weighted by Gasteiger charge is -2.37. The molecular weight excluding hydrogens is 446 g/mol. The number of halogens is 1. The number of hydrogen-bond acceptors (Lipinski definition) is 4. The molecule has 0 aliphatic heterocycles. The van der Waals surface area contributed by atoms with E-state index in [0.717, 1.165) is 41.5 Å². The molecule has 152 valence electrons. The zero-order chi connectivity index (χ0) is 21.0. The van der Waals surface area contributed by atoms with Crippen LogP contribution in [0.5, 0.6) is 0 Å². The minimum absolute atomic E-state index is 0.116. The maximum atomic E-state index is 12.3. The first-order valence-corrected chi connectivity index (χ1v) is 11.7. The van der Waals surface area contributed by atoms with Crippen LogP contribution in [0.4, 0.5) is 5.69 Å². The lowest BCUT2D eigenvalue weighted by molar-refractivity contribution is -0.113. The Kier molecular flexibility index (Phi) is 7.02. The van der Waals surface area contributed by atoms with Crippen molar-refractivity contribution in [2.45, 2.75) is 51.5 Å². The Morgan fingerprint density at radius 2 is 2.17 bits per heavy atom. The number of pyridine rings is 1. The summed E-state index contributed by atoms with van der Waals surface area (Å²) >= 11 is 4.76. The Hall–Kier alpha value is -1.84. The maximum absolute atomic E-state index is 12.3. The number of hydrogen-bond donors (Lipinski definition) is 1. The molecule has 1 aliphatic carbocycles. The second-order valence-electron chi connectivity index (χ2n) is 8.16. The maximum Gasteiger partial charge on any atom is 0.234 e. The largest absolute Gasteiger partial charge is 0.324 e. The van der Waals surface area contributed by atoms with Gasteiger partial charge in [0.05, 0.1) is 17.0 Å². The number of para-hydroxylation sites is 1. The second kappa shape index (κ2) is 9.32. The number of anilines is 1. The zero-order valence-corrected chi connectivity index (χ0v) is 19.5. The van der Waals surface area contributed by atoms with Gasteiger partial charge in [0.1, 0.15) is 11.1 Å². The molecule has 0 spiro atoms. The van der Waals surface area contributed by atoms with E-state index in [1.165, 1.54) is 17.3 Å². The van der Waals surface area contributed by atoms with E-state index in [2.05, 4.69) is 48.1 Å².